The molecule has 0 aliphatic carbocycles. The van der Waals surface area contributed by atoms with E-state index >= 15 is 0 Å². The number of hydrogen-bond acceptors (Lipinski definition) is 3. The van der Waals surface area contributed by atoms with Crippen LogP contribution in [0.3, 0.4) is 0 Å². The molecule has 6 heteroatoms. The molecule has 2 amide bonds. The number of nitrogens with zero attached hydrogens (tertiary/aromatic N) is 2. The van der Waals surface area contributed by atoms with Gasteiger partial charge in [0, 0.05) is 16.8 Å². The zero-order valence-corrected chi connectivity index (χ0v) is 19.4. The summed E-state index contributed by atoms with van der Waals surface area (Å²) in [7, 11) is 0. The molecule has 0 bridgehead atoms. The minimum Gasteiger partial charge on any atom is -0.322 e. The lowest BCUT2D eigenvalue weighted by molar-refractivity contribution is 0.102. The second-order valence-electron chi connectivity index (χ2n) is 8.31. The van der Waals surface area contributed by atoms with E-state index in [4.69, 9.17) is 0 Å². The molecule has 2 N–H and O–H groups in total. The molecule has 6 nitrogen and oxygen atoms in total. The molecule has 0 fully saturated rings. The van der Waals surface area contributed by atoms with E-state index in [1.165, 1.54) is 0 Å². The Hall–Kier alpha value is -4.71. The van der Waals surface area contributed by atoms with Gasteiger partial charge in [-0.3, -0.25) is 9.59 Å². The summed E-state index contributed by atoms with van der Waals surface area (Å²) in [6.45, 7) is 3.79. The second-order valence-corrected chi connectivity index (χ2v) is 8.31. The van der Waals surface area contributed by atoms with E-state index in [9.17, 15) is 9.59 Å². The van der Waals surface area contributed by atoms with Crippen molar-refractivity contribution in [2.45, 2.75) is 13.8 Å². The Bertz CT molecular complexity index is 1530. The SMILES string of the molecule is Cc1nn(-c2ccccc2)c(C)c1NC(=O)c1ccc(NC(=O)c2cccc3ccccc23)cc1. The van der Waals surface area contributed by atoms with Gasteiger partial charge < -0.3 is 10.6 Å². The minimum absolute atomic E-state index is 0.196. The fourth-order valence-electron chi connectivity index (χ4n) is 4.16. The van der Waals surface area contributed by atoms with Crippen molar-refractivity contribution < 1.29 is 9.59 Å². The second kappa shape index (κ2) is 9.27. The highest BCUT2D eigenvalue weighted by Gasteiger charge is 2.16. The van der Waals surface area contributed by atoms with Crippen LogP contribution in [-0.4, -0.2) is 21.6 Å². The maximum atomic E-state index is 12.9. The maximum absolute atomic E-state index is 12.9. The summed E-state index contributed by atoms with van der Waals surface area (Å²) in [6.07, 6.45) is 0. The first-order valence-corrected chi connectivity index (χ1v) is 11.3. The van der Waals surface area contributed by atoms with E-state index in [0.717, 1.165) is 27.8 Å². The normalized spacial score (nSPS) is 10.8. The van der Waals surface area contributed by atoms with Crippen LogP contribution in [0.2, 0.25) is 0 Å². The smallest absolute Gasteiger partial charge is 0.256 e. The summed E-state index contributed by atoms with van der Waals surface area (Å²) < 4.78 is 1.82. The summed E-state index contributed by atoms with van der Waals surface area (Å²) in [5.41, 5.74) is 4.90. The standard InChI is InChI=1S/C29H24N4O2/c1-19-27(20(2)33(32-19)24-11-4-3-5-12-24)31-28(34)22-15-17-23(18-16-22)30-29(35)26-14-8-10-21-9-6-7-13-25(21)26/h3-18H,1-2H3,(H,30,35)(H,31,34). The molecule has 35 heavy (non-hydrogen) atoms. The molecule has 172 valence electrons. The molecule has 0 saturated heterocycles. The Labute approximate surface area is 203 Å². The van der Waals surface area contributed by atoms with E-state index < -0.39 is 0 Å². The summed E-state index contributed by atoms with van der Waals surface area (Å²) in [6, 6.07) is 30.1. The number of carbonyl (C=O) groups is 2. The molecule has 5 rings (SSSR count). The van der Waals surface area contributed by atoms with Gasteiger partial charge in [0.25, 0.3) is 11.8 Å². The highest BCUT2D eigenvalue weighted by Crippen LogP contribution is 2.24. The van der Waals surface area contributed by atoms with Gasteiger partial charge in [0.15, 0.2) is 0 Å². The number of aryl methyl sites for hydroxylation is 1. The van der Waals surface area contributed by atoms with Crippen molar-refractivity contribution in [3.8, 4) is 5.69 Å². The molecule has 0 spiro atoms. The molecule has 1 heterocycles. The van der Waals surface area contributed by atoms with Crippen LogP contribution < -0.4 is 10.6 Å². The lowest BCUT2D eigenvalue weighted by atomic mass is 10.0. The van der Waals surface area contributed by atoms with E-state index in [1.54, 1.807) is 30.3 Å². The molecule has 1 aromatic heterocycles. The number of para-hydroxylation sites is 1. The van der Waals surface area contributed by atoms with Gasteiger partial charge in [-0.1, -0.05) is 54.6 Å². The number of benzene rings is 4. The molecule has 0 radical (unpaired) electrons. The fraction of sp³-hybridized carbons (Fsp3) is 0.0690. The minimum atomic E-state index is -0.240. The predicted molar refractivity (Wildman–Crippen MR) is 139 cm³/mol. The number of anilines is 2. The van der Waals surface area contributed by atoms with Crippen molar-refractivity contribution in [1.82, 2.24) is 9.78 Å². The van der Waals surface area contributed by atoms with Crippen LogP contribution in [0.15, 0.2) is 97.1 Å². The van der Waals surface area contributed by atoms with Crippen LogP contribution in [-0.2, 0) is 0 Å². The van der Waals surface area contributed by atoms with Gasteiger partial charge in [0.2, 0.25) is 0 Å². The van der Waals surface area contributed by atoms with Gasteiger partial charge in [-0.05, 0) is 67.1 Å². The number of carbonyl (C=O) groups excluding carboxylic acids is 2. The maximum Gasteiger partial charge on any atom is 0.256 e. The molecule has 5 aromatic rings. The summed E-state index contributed by atoms with van der Waals surface area (Å²) in [4.78, 5) is 25.8. The van der Waals surface area contributed by atoms with Gasteiger partial charge in [-0.2, -0.15) is 5.10 Å². The Kier molecular flexibility index (Phi) is 5.85. The van der Waals surface area contributed by atoms with Crippen LogP contribution in [0, 0.1) is 13.8 Å². The summed E-state index contributed by atoms with van der Waals surface area (Å²) in [5.74, 6) is -0.436. The van der Waals surface area contributed by atoms with Crippen molar-refractivity contribution in [3.63, 3.8) is 0 Å². The zero-order chi connectivity index (χ0) is 24.4. The van der Waals surface area contributed by atoms with Crippen molar-refractivity contribution >= 4 is 34.0 Å². The fourth-order valence-corrected chi connectivity index (χ4v) is 4.16. The molecule has 4 aromatic carbocycles. The number of nitrogens with one attached hydrogen (secondary N) is 2. The van der Waals surface area contributed by atoms with Gasteiger partial charge in [0.05, 0.1) is 22.8 Å². The Morgan fingerprint density at radius 2 is 1.40 bits per heavy atom. The number of amides is 2. The average molecular weight is 461 g/mol. The lowest BCUT2D eigenvalue weighted by Crippen LogP contribution is -2.14. The van der Waals surface area contributed by atoms with Gasteiger partial charge in [-0.15, -0.1) is 0 Å². The average Bonchev–Trinajstić information content (AvgIpc) is 3.17. The van der Waals surface area contributed by atoms with Crippen molar-refractivity contribution in [3.05, 3.63) is 120 Å². The molecular weight excluding hydrogens is 436 g/mol. The first-order chi connectivity index (χ1) is 17.0. The molecular formula is C29H24N4O2. The third kappa shape index (κ3) is 4.42. The molecule has 0 unspecified atom stereocenters. The molecule has 0 saturated carbocycles. The third-order valence-corrected chi connectivity index (χ3v) is 5.97. The Balaban J connectivity index is 1.31. The molecule has 0 aliphatic heterocycles. The molecule has 0 atom stereocenters. The van der Waals surface area contributed by atoms with Crippen molar-refractivity contribution in [2.75, 3.05) is 10.6 Å². The van der Waals surface area contributed by atoms with Crippen molar-refractivity contribution in [2.24, 2.45) is 0 Å². The van der Waals surface area contributed by atoms with E-state index in [2.05, 4.69) is 15.7 Å². The summed E-state index contributed by atoms with van der Waals surface area (Å²) >= 11 is 0. The van der Waals surface area contributed by atoms with Crippen LogP contribution in [0.4, 0.5) is 11.4 Å². The van der Waals surface area contributed by atoms with Crippen LogP contribution in [0.1, 0.15) is 32.1 Å². The Morgan fingerprint density at radius 1 is 0.714 bits per heavy atom. The largest absolute Gasteiger partial charge is 0.322 e. The van der Waals surface area contributed by atoms with E-state index in [0.29, 0.717) is 22.5 Å². The summed E-state index contributed by atoms with van der Waals surface area (Å²) in [5, 5.41) is 12.4. The number of rotatable bonds is 5. The van der Waals surface area contributed by atoms with E-state index in [-0.39, 0.29) is 11.8 Å². The molecule has 0 aliphatic rings. The Morgan fingerprint density at radius 3 is 2.17 bits per heavy atom. The highest BCUT2D eigenvalue weighted by molar-refractivity contribution is 6.13. The number of hydrogen-bond donors (Lipinski definition) is 2. The van der Waals surface area contributed by atoms with Crippen molar-refractivity contribution in [1.29, 1.82) is 0 Å². The first kappa shape index (κ1) is 22.1. The number of aromatic nitrogens is 2. The van der Waals surface area contributed by atoms with Gasteiger partial charge in [-0.25, -0.2) is 4.68 Å². The third-order valence-electron chi connectivity index (χ3n) is 5.97. The van der Waals surface area contributed by atoms with Gasteiger partial charge >= 0.3 is 0 Å². The van der Waals surface area contributed by atoms with E-state index in [1.807, 2.05) is 85.3 Å². The monoisotopic (exact) mass is 460 g/mol. The van der Waals surface area contributed by atoms with Gasteiger partial charge in [0.1, 0.15) is 0 Å². The predicted octanol–water partition coefficient (Wildman–Crippen LogP) is 6.15. The van der Waals surface area contributed by atoms with Crippen LogP contribution in [0.5, 0.6) is 0 Å². The lowest BCUT2D eigenvalue weighted by Gasteiger charge is -2.10. The van der Waals surface area contributed by atoms with Crippen LogP contribution in [0.25, 0.3) is 16.5 Å². The topological polar surface area (TPSA) is 76.0 Å². The van der Waals surface area contributed by atoms with Crippen LogP contribution >= 0.6 is 0 Å². The highest BCUT2D eigenvalue weighted by atomic mass is 16.2. The first-order valence-electron chi connectivity index (χ1n) is 11.3. The quantitative estimate of drug-likeness (QED) is 0.330. The number of fused-ring (bicyclic) bond motifs is 1. The zero-order valence-electron chi connectivity index (χ0n) is 19.4.